The van der Waals surface area contributed by atoms with Crippen LogP contribution in [0.25, 0.3) is 10.8 Å². The van der Waals surface area contributed by atoms with E-state index in [1.807, 2.05) is 30.3 Å². The number of H-pyrrole nitrogens is 1. The van der Waals surface area contributed by atoms with Crippen LogP contribution in [0.3, 0.4) is 0 Å². The van der Waals surface area contributed by atoms with Gasteiger partial charge < -0.3 is 10.3 Å². The molecule has 1 unspecified atom stereocenters. The normalized spacial score (nSPS) is 12.5. The monoisotopic (exact) mass is 298 g/mol. The number of hydrogen-bond acceptors (Lipinski definition) is 3. The molecular weight excluding hydrogens is 280 g/mol. The average molecular weight is 298 g/mol. The van der Waals surface area contributed by atoms with E-state index in [4.69, 9.17) is 0 Å². The number of thiophene rings is 1. The fourth-order valence-corrected chi connectivity index (χ4v) is 3.70. The maximum absolute atomic E-state index is 12.1. The van der Waals surface area contributed by atoms with E-state index in [0.717, 1.165) is 16.6 Å². The molecular formula is C17H18N2OS. The maximum Gasteiger partial charge on any atom is 0.257 e. The van der Waals surface area contributed by atoms with Gasteiger partial charge >= 0.3 is 0 Å². The standard InChI is InChI=1S/C17H18N2OS/c1-10-8-15(12(3)21-10)11(2)18-16-9-13-6-4-5-7-14(13)17(20)19-16/h4-9,11H,1-3H3,(H2,18,19,20). The van der Waals surface area contributed by atoms with Gasteiger partial charge in [0.15, 0.2) is 0 Å². The Morgan fingerprint density at radius 1 is 1.19 bits per heavy atom. The van der Waals surface area contributed by atoms with E-state index in [1.54, 1.807) is 11.3 Å². The molecule has 0 aliphatic rings. The van der Waals surface area contributed by atoms with Gasteiger partial charge in [-0.1, -0.05) is 18.2 Å². The van der Waals surface area contributed by atoms with Gasteiger partial charge in [0.05, 0.1) is 6.04 Å². The Morgan fingerprint density at radius 2 is 1.95 bits per heavy atom. The summed E-state index contributed by atoms with van der Waals surface area (Å²) in [6.45, 7) is 6.36. The van der Waals surface area contributed by atoms with E-state index in [9.17, 15) is 4.79 Å². The number of anilines is 1. The zero-order chi connectivity index (χ0) is 15.0. The van der Waals surface area contributed by atoms with Crippen molar-refractivity contribution in [3.63, 3.8) is 0 Å². The summed E-state index contributed by atoms with van der Waals surface area (Å²) in [7, 11) is 0. The van der Waals surface area contributed by atoms with E-state index in [-0.39, 0.29) is 11.6 Å². The smallest absolute Gasteiger partial charge is 0.257 e. The number of aromatic amines is 1. The van der Waals surface area contributed by atoms with Crippen molar-refractivity contribution >= 4 is 27.9 Å². The third-order valence-corrected chi connectivity index (χ3v) is 4.65. The predicted octanol–water partition coefficient (Wildman–Crippen LogP) is 4.38. The lowest BCUT2D eigenvalue weighted by Crippen LogP contribution is -2.13. The van der Waals surface area contributed by atoms with Crippen LogP contribution in [0.5, 0.6) is 0 Å². The number of nitrogens with one attached hydrogen (secondary N) is 2. The summed E-state index contributed by atoms with van der Waals surface area (Å²) in [5.41, 5.74) is 1.23. The molecule has 0 radical (unpaired) electrons. The van der Waals surface area contributed by atoms with Crippen molar-refractivity contribution in [2.75, 3.05) is 5.32 Å². The van der Waals surface area contributed by atoms with E-state index < -0.39 is 0 Å². The molecule has 21 heavy (non-hydrogen) atoms. The first kappa shape index (κ1) is 13.9. The van der Waals surface area contributed by atoms with Gasteiger partial charge in [0.25, 0.3) is 5.56 Å². The van der Waals surface area contributed by atoms with Gasteiger partial charge in [-0.25, -0.2) is 0 Å². The number of rotatable bonds is 3. The quantitative estimate of drug-likeness (QED) is 0.753. The second-order valence-electron chi connectivity index (χ2n) is 5.33. The summed E-state index contributed by atoms with van der Waals surface area (Å²) in [5.74, 6) is 0.759. The van der Waals surface area contributed by atoms with Crippen molar-refractivity contribution in [2.45, 2.75) is 26.8 Å². The number of aromatic nitrogens is 1. The fourth-order valence-electron chi connectivity index (χ4n) is 2.68. The van der Waals surface area contributed by atoms with E-state index in [0.29, 0.717) is 0 Å². The van der Waals surface area contributed by atoms with Crippen LogP contribution >= 0.6 is 11.3 Å². The van der Waals surface area contributed by atoms with Gasteiger partial charge in [0, 0.05) is 15.1 Å². The molecule has 3 aromatic rings. The van der Waals surface area contributed by atoms with Crippen LogP contribution in [0.1, 0.15) is 28.3 Å². The van der Waals surface area contributed by atoms with E-state index in [2.05, 4.69) is 37.1 Å². The molecule has 0 amide bonds. The Balaban J connectivity index is 1.95. The number of aryl methyl sites for hydroxylation is 2. The SMILES string of the molecule is Cc1cc(C(C)Nc2cc3ccccc3c(=O)[nH]2)c(C)s1. The Morgan fingerprint density at radius 3 is 2.67 bits per heavy atom. The lowest BCUT2D eigenvalue weighted by molar-refractivity contribution is 0.871. The minimum Gasteiger partial charge on any atom is -0.365 e. The van der Waals surface area contributed by atoms with Crippen molar-refractivity contribution in [1.29, 1.82) is 0 Å². The van der Waals surface area contributed by atoms with Crippen LogP contribution < -0.4 is 10.9 Å². The van der Waals surface area contributed by atoms with Crippen molar-refractivity contribution in [2.24, 2.45) is 0 Å². The molecule has 108 valence electrons. The highest BCUT2D eigenvalue weighted by Gasteiger charge is 2.12. The van der Waals surface area contributed by atoms with Gasteiger partial charge in [0.2, 0.25) is 0 Å². The molecule has 0 fully saturated rings. The van der Waals surface area contributed by atoms with E-state index >= 15 is 0 Å². The molecule has 0 saturated carbocycles. The number of fused-ring (bicyclic) bond motifs is 1. The second kappa shape index (κ2) is 5.37. The van der Waals surface area contributed by atoms with E-state index in [1.165, 1.54) is 15.3 Å². The third kappa shape index (κ3) is 2.72. The number of hydrogen-bond donors (Lipinski definition) is 2. The highest BCUT2D eigenvalue weighted by molar-refractivity contribution is 7.12. The maximum atomic E-state index is 12.1. The summed E-state index contributed by atoms with van der Waals surface area (Å²) in [5, 5.41) is 5.07. The summed E-state index contributed by atoms with van der Waals surface area (Å²) >= 11 is 1.80. The van der Waals surface area contributed by atoms with Gasteiger partial charge in [-0.2, -0.15) is 0 Å². The van der Waals surface area contributed by atoms with Crippen LogP contribution in [-0.4, -0.2) is 4.98 Å². The molecule has 0 spiro atoms. The Kier molecular flexibility index (Phi) is 3.55. The summed E-state index contributed by atoms with van der Waals surface area (Å²) < 4.78 is 0. The van der Waals surface area contributed by atoms with Crippen LogP contribution in [0.4, 0.5) is 5.82 Å². The van der Waals surface area contributed by atoms with Crippen LogP contribution in [-0.2, 0) is 0 Å². The van der Waals surface area contributed by atoms with Crippen LogP contribution in [0.2, 0.25) is 0 Å². The molecule has 2 heterocycles. The van der Waals surface area contributed by atoms with Gasteiger partial charge in [-0.3, -0.25) is 4.79 Å². The Bertz CT molecular complexity index is 847. The molecule has 1 atom stereocenters. The fraction of sp³-hybridized carbons (Fsp3) is 0.235. The summed E-state index contributed by atoms with van der Waals surface area (Å²) in [4.78, 5) is 17.6. The van der Waals surface area contributed by atoms with Crippen molar-refractivity contribution < 1.29 is 0 Å². The molecule has 1 aromatic carbocycles. The Labute approximate surface area is 127 Å². The first-order valence-corrected chi connectivity index (χ1v) is 7.82. The Hall–Kier alpha value is -2.07. The topological polar surface area (TPSA) is 44.9 Å². The first-order valence-electron chi connectivity index (χ1n) is 7.00. The molecule has 2 aromatic heterocycles. The predicted molar refractivity (Wildman–Crippen MR) is 90.4 cm³/mol. The number of pyridine rings is 1. The van der Waals surface area contributed by atoms with Crippen molar-refractivity contribution in [3.8, 4) is 0 Å². The first-order chi connectivity index (χ1) is 10.0. The second-order valence-corrected chi connectivity index (χ2v) is 6.79. The molecule has 4 heteroatoms. The highest BCUT2D eigenvalue weighted by Crippen LogP contribution is 2.28. The molecule has 3 rings (SSSR count). The minimum absolute atomic E-state index is 0.0546. The van der Waals surface area contributed by atoms with Gasteiger partial charge in [-0.05, 0) is 49.9 Å². The van der Waals surface area contributed by atoms with Gasteiger partial charge in [0.1, 0.15) is 5.82 Å². The molecule has 0 aliphatic carbocycles. The highest BCUT2D eigenvalue weighted by atomic mass is 32.1. The third-order valence-electron chi connectivity index (χ3n) is 3.67. The summed E-state index contributed by atoms with van der Waals surface area (Å²) in [6.07, 6.45) is 0. The molecule has 0 bridgehead atoms. The molecule has 0 saturated heterocycles. The van der Waals surface area contributed by atoms with Crippen LogP contribution in [0, 0.1) is 13.8 Å². The van der Waals surface area contributed by atoms with Crippen molar-refractivity contribution in [1.82, 2.24) is 4.98 Å². The zero-order valence-electron chi connectivity index (χ0n) is 12.4. The van der Waals surface area contributed by atoms with Crippen LogP contribution in [0.15, 0.2) is 41.2 Å². The minimum atomic E-state index is -0.0546. The van der Waals surface area contributed by atoms with Gasteiger partial charge in [-0.15, -0.1) is 11.3 Å². The molecule has 3 nitrogen and oxygen atoms in total. The summed E-state index contributed by atoms with van der Waals surface area (Å²) in [6, 6.07) is 12.0. The lowest BCUT2D eigenvalue weighted by atomic mass is 10.1. The zero-order valence-corrected chi connectivity index (χ0v) is 13.2. The molecule has 0 aliphatic heterocycles. The lowest BCUT2D eigenvalue weighted by Gasteiger charge is -2.15. The van der Waals surface area contributed by atoms with Crippen molar-refractivity contribution in [3.05, 3.63) is 62.1 Å². The number of benzene rings is 1. The molecule has 2 N–H and O–H groups in total. The average Bonchev–Trinajstić information content (AvgIpc) is 2.78. The largest absolute Gasteiger partial charge is 0.365 e.